The molecule has 0 aromatic heterocycles. The first-order valence-electron chi connectivity index (χ1n) is 7.23. The summed E-state index contributed by atoms with van der Waals surface area (Å²) in [6.45, 7) is 4.57. The van der Waals surface area contributed by atoms with Crippen molar-refractivity contribution in [2.24, 2.45) is 0 Å². The van der Waals surface area contributed by atoms with Crippen molar-refractivity contribution >= 4 is 10.8 Å². The van der Waals surface area contributed by atoms with Crippen LogP contribution in [0.1, 0.15) is 25.5 Å². The summed E-state index contributed by atoms with van der Waals surface area (Å²) in [6.07, 6.45) is 3.17. The van der Waals surface area contributed by atoms with Gasteiger partial charge in [0.1, 0.15) is 6.10 Å². The van der Waals surface area contributed by atoms with E-state index in [4.69, 9.17) is 5.11 Å². The Labute approximate surface area is 126 Å². The van der Waals surface area contributed by atoms with Crippen LogP contribution in [0, 0.1) is 11.8 Å². The normalized spacial score (nSPS) is 13.9. The van der Waals surface area contributed by atoms with Gasteiger partial charge in [0.25, 0.3) is 0 Å². The Hall–Kier alpha value is -2.08. The number of aliphatic hydroxyl groups is 1. The highest BCUT2D eigenvalue weighted by atomic mass is 16.3. The van der Waals surface area contributed by atoms with Gasteiger partial charge in [0.05, 0.1) is 0 Å². The van der Waals surface area contributed by atoms with Crippen molar-refractivity contribution < 1.29 is 5.11 Å². The highest BCUT2D eigenvalue weighted by Crippen LogP contribution is 2.23. The third kappa shape index (κ3) is 4.46. The molecule has 0 radical (unpaired) electrons. The highest BCUT2D eigenvalue weighted by Gasteiger charge is 2.07. The minimum Gasteiger partial charge on any atom is -0.381 e. The molecule has 0 saturated carbocycles. The number of aliphatic hydroxyl groups excluding tert-OH is 1. The van der Waals surface area contributed by atoms with Crippen molar-refractivity contribution in [1.82, 2.24) is 5.32 Å². The molecule has 0 aliphatic heterocycles. The molecule has 108 valence electrons. The van der Waals surface area contributed by atoms with Crippen molar-refractivity contribution in [3.05, 3.63) is 60.2 Å². The van der Waals surface area contributed by atoms with Crippen LogP contribution in [0.3, 0.4) is 0 Å². The minimum atomic E-state index is -0.572. The average molecular weight is 279 g/mol. The fraction of sp³-hybridized carbons (Fsp3) is 0.263. The number of benzene rings is 2. The zero-order valence-electron chi connectivity index (χ0n) is 12.5. The van der Waals surface area contributed by atoms with Gasteiger partial charge in [0, 0.05) is 12.6 Å². The molecule has 0 bridgehead atoms. The fourth-order valence-corrected chi connectivity index (χ4v) is 2.27. The molecular weight excluding hydrogens is 258 g/mol. The Morgan fingerprint density at radius 1 is 1.14 bits per heavy atom. The zero-order chi connectivity index (χ0) is 15.1. The molecule has 0 heterocycles. The molecule has 0 aliphatic rings. The summed E-state index contributed by atoms with van der Waals surface area (Å²) in [5.74, 6) is 5.49. The second-order valence-corrected chi connectivity index (χ2v) is 5.07. The largest absolute Gasteiger partial charge is 0.381 e. The number of rotatable bonds is 4. The Balaban J connectivity index is 2.00. The first kappa shape index (κ1) is 15.3. The fourth-order valence-electron chi connectivity index (χ4n) is 2.27. The van der Waals surface area contributed by atoms with Crippen LogP contribution < -0.4 is 5.32 Å². The van der Waals surface area contributed by atoms with E-state index in [0.717, 1.165) is 6.54 Å². The molecule has 2 nitrogen and oxygen atoms in total. The predicted molar refractivity (Wildman–Crippen MR) is 89.0 cm³/mol. The summed E-state index contributed by atoms with van der Waals surface area (Å²) in [4.78, 5) is 0. The van der Waals surface area contributed by atoms with Crippen LogP contribution in [0.2, 0.25) is 0 Å². The number of hydrogen-bond donors (Lipinski definition) is 2. The molecule has 0 spiro atoms. The van der Waals surface area contributed by atoms with Gasteiger partial charge in [-0.3, -0.25) is 0 Å². The van der Waals surface area contributed by atoms with Gasteiger partial charge in [-0.2, -0.15) is 0 Å². The zero-order valence-corrected chi connectivity index (χ0v) is 12.5. The van der Waals surface area contributed by atoms with E-state index < -0.39 is 6.10 Å². The molecule has 2 heteroatoms. The molecule has 0 aliphatic carbocycles. The monoisotopic (exact) mass is 279 g/mol. The third-order valence-corrected chi connectivity index (χ3v) is 3.33. The lowest BCUT2D eigenvalue weighted by Gasteiger charge is -2.15. The number of allylic oxidation sites excluding steroid dienone is 1. The van der Waals surface area contributed by atoms with Crippen molar-refractivity contribution in [2.75, 3.05) is 6.54 Å². The van der Waals surface area contributed by atoms with Crippen LogP contribution in [0.25, 0.3) is 10.8 Å². The van der Waals surface area contributed by atoms with Gasteiger partial charge in [0.15, 0.2) is 0 Å². The molecule has 2 N–H and O–H groups in total. The Bertz CT molecular complexity index is 671. The number of fused-ring (bicyclic) bond motifs is 1. The lowest BCUT2D eigenvalue weighted by molar-refractivity contribution is 0.253. The summed E-state index contributed by atoms with van der Waals surface area (Å²) in [7, 11) is 0. The molecule has 0 saturated heterocycles. The summed E-state index contributed by atoms with van der Waals surface area (Å²) in [6, 6.07) is 15.1. The first-order valence-corrected chi connectivity index (χ1v) is 7.23. The third-order valence-electron chi connectivity index (χ3n) is 3.33. The van der Waals surface area contributed by atoms with E-state index in [1.54, 1.807) is 13.0 Å². The molecule has 1 unspecified atom stereocenters. The van der Waals surface area contributed by atoms with E-state index in [1.165, 1.54) is 16.3 Å². The van der Waals surface area contributed by atoms with Gasteiger partial charge in [-0.05, 0) is 36.3 Å². The van der Waals surface area contributed by atoms with Gasteiger partial charge in [-0.25, -0.2) is 0 Å². The average Bonchev–Trinajstić information content (AvgIpc) is 2.49. The standard InChI is InChI=1S/C19H21NO/c1-15(21)9-4-3-7-14-20-16(2)18-13-8-11-17-10-5-6-12-19(17)18/h3,5-8,10-13,15-16,20-21H,14H2,1-2H3/t15?,16-/m1/s1. The van der Waals surface area contributed by atoms with Crippen molar-refractivity contribution in [3.8, 4) is 11.8 Å². The van der Waals surface area contributed by atoms with Gasteiger partial charge in [-0.1, -0.05) is 60.4 Å². The summed E-state index contributed by atoms with van der Waals surface area (Å²) < 4.78 is 0. The Morgan fingerprint density at radius 2 is 1.90 bits per heavy atom. The maximum atomic E-state index is 9.02. The van der Waals surface area contributed by atoms with E-state index >= 15 is 0 Å². The van der Waals surface area contributed by atoms with Crippen molar-refractivity contribution in [1.29, 1.82) is 0 Å². The van der Waals surface area contributed by atoms with Crippen molar-refractivity contribution in [2.45, 2.75) is 26.0 Å². The summed E-state index contributed by atoms with van der Waals surface area (Å²) in [5.41, 5.74) is 1.30. The molecule has 2 aromatic carbocycles. The lowest BCUT2D eigenvalue weighted by Crippen LogP contribution is -2.18. The van der Waals surface area contributed by atoms with E-state index in [0.29, 0.717) is 0 Å². The molecule has 0 fully saturated rings. The maximum absolute atomic E-state index is 9.02. The smallest absolute Gasteiger partial charge is 0.112 e. The minimum absolute atomic E-state index is 0.269. The van der Waals surface area contributed by atoms with E-state index in [9.17, 15) is 0 Å². The summed E-state index contributed by atoms with van der Waals surface area (Å²) in [5, 5.41) is 15.0. The number of hydrogen-bond acceptors (Lipinski definition) is 2. The highest BCUT2D eigenvalue weighted by molar-refractivity contribution is 5.86. The van der Waals surface area contributed by atoms with Crippen LogP contribution in [0.5, 0.6) is 0 Å². The topological polar surface area (TPSA) is 32.3 Å². The van der Waals surface area contributed by atoms with Gasteiger partial charge < -0.3 is 10.4 Å². The molecule has 21 heavy (non-hydrogen) atoms. The first-order chi connectivity index (χ1) is 10.2. The Kier molecular flexibility index (Phi) is 5.57. The molecule has 2 atom stereocenters. The van der Waals surface area contributed by atoms with Gasteiger partial charge >= 0.3 is 0 Å². The molecule has 2 rings (SSSR count). The van der Waals surface area contributed by atoms with Gasteiger partial charge in [-0.15, -0.1) is 0 Å². The second-order valence-electron chi connectivity index (χ2n) is 5.07. The Morgan fingerprint density at radius 3 is 2.71 bits per heavy atom. The van der Waals surface area contributed by atoms with Crippen LogP contribution >= 0.6 is 0 Å². The van der Waals surface area contributed by atoms with Gasteiger partial charge in [0.2, 0.25) is 0 Å². The van der Waals surface area contributed by atoms with Crippen LogP contribution in [-0.4, -0.2) is 17.8 Å². The SMILES string of the molecule is CC(O)C#CC=CCN[C@H](C)c1cccc2ccccc12. The number of nitrogens with one attached hydrogen (secondary N) is 1. The van der Waals surface area contributed by atoms with E-state index in [2.05, 4.69) is 66.5 Å². The maximum Gasteiger partial charge on any atom is 0.112 e. The summed E-state index contributed by atoms with van der Waals surface area (Å²) >= 11 is 0. The van der Waals surface area contributed by atoms with E-state index in [1.807, 2.05) is 6.08 Å². The van der Waals surface area contributed by atoms with E-state index in [-0.39, 0.29) is 6.04 Å². The molecule has 2 aromatic rings. The van der Waals surface area contributed by atoms with Crippen molar-refractivity contribution in [3.63, 3.8) is 0 Å². The molecule has 0 amide bonds. The van der Waals surface area contributed by atoms with Crippen LogP contribution in [0.15, 0.2) is 54.6 Å². The molecular formula is C19H21NO. The lowest BCUT2D eigenvalue weighted by atomic mass is 10.00. The van der Waals surface area contributed by atoms with Crippen LogP contribution in [0.4, 0.5) is 0 Å². The quantitative estimate of drug-likeness (QED) is 0.840. The predicted octanol–water partition coefficient (Wildman–Crippen LogP) is 3.43. The second kappa shape index (κ2) is 7.64. The van der Waals surface area contributed by atoms with Crippen LogP contribution in [-0.2, 0) is 0 Å².